The van der Waals surface area contributed by atoms with Crippen LogP contribution in [-0.2, 0) is 6.18 Å². The SMILES string of the molecule is FC(F)(F)c1ccc(C=NNc2ccc(Cl)c(Cl)c2)cc1. The lowest BCUT2D eigenvalue weighted by Gasteiger charge is -2.06. The molecule has 0 fully saturated rings. The van der Waals surface area contributed by atoms with Gasteiger partial charge in [-0.05, 0) is 35.9 Å². The van der Waals surface area contributed by atoms with Crippen molar-refractivity contribution in [2.45, 2.75) is 6.18 Å². The van der Waals surface area contributed by atoms with Crippen LogP contribution in [0.2, 0.25) is 10.0 Å². The third kappa shape index (κ3) is 4.37. The number of hydrogen-bond acceptors (Lipinski definition) is 2. The molecule has 0 bridgehead atoms. The van der Waals surface area contributed by atoms with E-state index in [1.165, 1.54) is 18.3 Å². The van der Waals surface area contributed by atoms with Gasteiger partial charge in [0.25, 0.3) is 0 Å². The van der Waals surface area contributed by atoms with Gasteiger partial charge in [-0.25, -0.2) is 0 Å². The van der Waals surface area contributed by atoms with Crippen molar-refractivity contribution in [1.82, 2.24) is 0 Å². The van der Waals surface area contributed by atoms with E-state index in [-0.39, 0.29) is 0 Å². The zero-order valence-electron chi connectivity index (χ0n) is 10.5. The molecule has 0 aliphatic heterocycles. The van der Waals surface area contributed by atoms with E-state index in [0.29, 0.717) is 21.3 Å². The summed E-state index contributed by atoms with van der Waals surface area (Å²) in [6, 6.07) is 9.55. The minimum absolute atomic E-state index is 0.381. The Morgan fingerprint density at radius 2 is 1.62 bits per heavy atom. The number of hydrazone groups is 1. The first-order chi connectivity index (χ1) is 9.86. The largest absolute Gasteiger partial charge is 0.416 e. The van der Waals surface area contributed by atoms with Gasteiger partial charge < -0.3 is 0 Å². The molecule has 2 aromatic rings. The molecule has 0 spiro atoms. The second kappa shape index (κ2) is 6.37. The van der Waals surface area contributed by atoms with Crippen LogP contribution in [0.1, 0.15) is 11.1 Å². The van der Waals surface area contributed by atoms with Crippen LogP contribution >= 0.6 is 23.2 Å². The summed E-state index contributed by atoms with van der Waals surface area (Å²) < 4.78 is 37.2. The predicted molar refractivity (Wildman–Crippen MR) is 79.1 cm³/mol. The number of hydrogen-bond donors (Lipinski definition) is 1. The van der Waals surface area contributed by atoms with E-state index in [1.54, 1.807) is 18.2 Å². The van der Waals surface area contributed by atoms with Gasteiger partial charge in [0, 0.05) is 0 Å². The average Bonchev–Trinajstić information content (AvgIpc) is 2.42. The normalized spacial score (nSPS) is 11.9. The quantitative estimate of drug-likeness (QED) is 0.585. The second-order valence-corrected chi connectivity index (χ2v) is 4.93. The fourth-order valence-electron chi connectivity index (χ4n) is 1.51. The van der Waals surface area contributed by atoms with Crippen molar-refractivity contribution in [3.8, 4) is 0 Å². The zero-order chi connectivity index (χ0) is 15.5. The number of alkyl halides is 3. The van der Waals surface area contributed by atoms with Gasteiger partial charge in [0.1, 0.15) is 0 Å². The first-order valence-electron chi connectivity index (χ1n) is 5.77. The lowest BCUT2D eigenvalue weighted by atomic mass is 10.1. The number of nitrogens with zero attached hydrogens (tertiary/aromatic N) is 1. The van der Waals surface area contributed by atoms with Gasteiger partial charge in [-0.3, -0.25) is 5.43 Å². The van der Waals surface area contributed by atoms with Crippen molar-refractivity contribution in [1.29, 1.82) is 0 Å². The minimum Gasteiger partial charge on any atom is -0.278 e. The minimum atomic E-state index is -4.34. The second-order valence-electron chi connectivity index (χ2n) is 4.12. The summed E-state index contributed by atoms with van der Waals surface area (Å²) in [4.78, 5) is 0. The van der Waals surface area contributed by atoms with E-state index in [0.717, 1.165) is 12.1 Å². The molecule has 0 radical (unpaired) electrons. The molecule has 2 rings (SSSR count). The Labute approximate surface area is 129 Å². The number of anilines is 1. The lowest BCUT2D eigenvalue weighted by molar-refractivity contribution is -0.137. The standard InChI is InChI=1S/C14H9Cl2F3N2/c15-12-6-5-11(7-13(12)16)21-20-8-9-1-3-10(4-2-9)14(17,18)19/h1-8,21H. The molecular weight excluding hydrogens is 324 g/mol. The molecule has 0 saturated carbocycles. The van der Waals surface area contributed by atoms with Gasteiger partial charge in [0.2, 0.25) is 0 Å². The Kier molecular flexibility index (Phi) is 4.75. The third-order valence-corrected chi connectivity index (χ3v) is 3.30. The Balaban J connectivity index is 2.02. The monoisotopic (exact) mass is 332 g/mol. The highest BCUT2D eigenvalue weighted by Gasteiger charge is 2.29. The van der Waals surface area contributed by atoms with Crippen molar-refractivity contribution >= 4 is 35.1 Å². The Bertz CT molecular complexity index is 652. The molecule has 0 atom stereocenters. The van der Waals surface area contributed by atoms with E-state index in [1.807, 2.05) is 0 Å². The smallest absolute Gasteiger partial charge is 0.278 e. The van der Waals surface area contributed by atoms with E-state index in [2.05, 4.69) is 10.5 Å². The van der Waals surface area contributed by atoms with Gasteiger partial charge >= 0.3 is 6.18 Å². The van der Waals surface area contributed by atoms with Crippen LogP contribution in [0.15, 0.2) is 47.6 Å². The van der Waals surface area contributed by atoms with Crippen LogP contribution in [0.4, 0.5) is 18.9 Å². The van der Waals surface area contributed by atoms with Crippen molar-refractivity contribution in [3.05, 3.63) is 63.6 Å². The van der Waals surface area contributed by atoms with Crippen molar-refractivity contribution in [3.63, 3.8) is 0 Å². The highest BCUT2D eigenvalue weighted by atomic mass is 35.5. The maximum Gasteiger partial charge on any atom is 0.416 e. The topological polar surface area (TPSA) is 24.4 Å². The van der Waals surface area contributed by atoms with E-state index in [9.17, 15) is 13.2 Å². The van der Waals surface area contributed by atoms with Crippen LogP contribution in [-0.4, -0.2) is 6.21 Å². The van der Waals surface area contributed by atoms with Crippen molar-refractivity contribution in [2.75, 3.05) is 5.43 Å². The number of nitrogens with one attached hydrogen (secondary N) is 1. The Morgan fingerprint density at radius 1 is 0.952 bits per heavy atom. The van der Waals surface area contributed by atoms with Gasteiger partial charge in [-0.15, -0.1) is 0 Å². The first-order valence-corrected chi connectivity index (χ1v) is 6.53. The van der Waals surface area contributed by atoms with Crippen molar-refractivity contribution < 1.29 is 13.2 Å². The van der Waals surface area contributed by atoms with Gasteiger partial charge in [0.05, 0.1) is 27.5 Å². The van der Waals surface area contributed by atoms with E-state index >= 15 is 0 Å². The van der Waals surface area contributed by atoms with Gasteiger partial charge in [-0.1, -0.05) is 35.3 Å². The average molecular weight is 333 g/mol. The van der Waals surface area contributed by atoms with E-state index < -0.39 is 11.7 Å². The molecular formula is C14H9Cl2F3N2. The van der Waals surface area contributed by atoms with Crippen molar-refractivity contribution in [2.24, 2.45) is 5.10 Å². The molecule has 0 aromatic heterocycles. The third-order valence-electron chi connectivity index (χ3n) is 2.56. The molecule has 2 nitrogen and oxygen atoms in total. The van der Waals surface area contributed by atoms with Gasteiger partial charge in [-0.2, -0.15) is 18.3 Å². The molecule has 7 heteroatoms. The highest BCUT2D eigenvalue weighted by Crippen LogP contribution is 2.29. The molecule has 2 aromatic carbocycles. The van der Waals surface area contributed by atoms with Gasteiger partial charge in [0.15, 0.2) is 0 Å². The summed E-state index contributed by atoms with van der Waals surface area (Å²) in [5.41, 5.74) is 3.17. The highest BCUT2D eigenvalue weighted by molar-refractivity contribution is 6.42. The molecule has 0 heterocycles. The summed E-state index contributed by atoms with van der Waals surface area (Å²) in [5, 5.41) is 4.72. The van der Waals surface area contributed by atoms with E-state index in [4.69, 9.17) is 23.2 Å². The molecule has 0 aliphatic carbocycles. The molecule has 0 unspecified atom stereocenters. The zero-order valence-corrected chi connectivity index (χ0v) is 12.0. The molecule has 0 amide bonds. The fourth-order valence-corrected chi connectivity index (χ4v) is 1.80. The Morgan fingerprint density at radius 3 is 2.19 bits per heavy atom. The van der Waals surface area contributed by atoms with Crippen LogP contribution < -0.4 is 5.43 Å². The molecule has 21 heavy (non-hydrogen) atoms. The molecule has 110 valence electrons. The predicted octanol–water partition coefficient (Wildman–Crippen LogP) is 5.46. The maximum atomic E-state index is 12.4. The summed E-state index contributed by atoms with van der Waals surface area (Å²) in [6.45, 7) is 0. The summed E-state index contributed by atoms with van der Waals surface area (Å²) >= 11 is 11.6. The maximum absolute atomic E-state index is 12.4. The first kappa shape index (κ1) is 15.7. The number of halogens is 5. The fraction of sp³-hybridized carbons (Fsp3) is 0.0714. The lowest BCUT2D eigenvalue weighted by Crippen LogP contribution is -2.04. The molecule has 1 N–H and O–H groups in total. The molecule has 0 saturated heterocycles. The summed E-state index contributed by atoms with van der Waals surface area (Å²) in [7, 11) is 0. The van der Waals surface area contributed by atoms with Crippen LogP contribution in [0.25, 0.3) is 0 Å². The summed E-state index contributed by atoms with van der Waals surface area (Å²) in [5.74, 6) is 0. The van der Waals surface area contributed by atoms with Crippen LogP contribution in [0, 0.1) is 0 Å². The van der Waals surface area contributed by atoms with Crippen LogP contribution in [0.5, 0.6) is 0 Å². The Hall–Kier alpha value is -1.72. The number of benzene rings is 2. The summed E-state index contributed by atoms with van der Waals surface area (Å²) in [6.07, 6.45) is -2.93. The van der Waals surface area contributed by atoms with Crippen LogP contribution in [0.3, 0.4) is 0 Å². The molecule has 0 aliphatic rings. The number of rotatable bonds is 3.